The van der Waals surface area contributed by atoms with Crippen LogP contribution in [0.4, 0.5) is 0 Å². The zero-order chi connectivity index (χ0) is 16.2. The zero-order valence-electron chi connectivity index (χ0n) is 12.3. The van der Waals surface area contributed by atoms with E-state index in [1.54, 1.807) is 36.4 Å². The molecule has 0 saturated carbocycles. The van der Waals surface area contributed by atoms with E-state index in [1.807, 2.05) is 6.07 Å². The first-order chi connectivity index (χ1) is 10.4. The Kier molecular flexibility index (Phi) is 4.78. The molecule has 0 atom stereocenters. The van der Waals surface area contributed by atoms with Crippen LogP contribution in [0, 0.1) is 0 Å². The van der Waals surface area contributed by atoms with Crippen LogP contribution in [0.3, 0.4) is 0 Å². The standard InChI is InChI=1S/C17H16O4S/c1-21-17-11-9-15(22(2,19)20)12-14(17)8-10-16(18)13-6-4-3-5-7-13/h3-12H,1-2H3/b10-8+. The smallest absolute Gasteiger partial charge is 0.185 e. The molecule has 114 valence electrons. The highest BCUT2D eigenvalue weighted by molar-refractivity contribution is 7.90. The van der Waals surface area contributed by atoms with E-state index < -0.39 is 9.84 Å². The minimum Gasteiger partial charge on any atom is -0.496 e. The summed E-state index contributed by atoms with van der Waals surface area (Å²) in [5, 5.41) is 0. The van der Waals surface area contributed by atoms with Crippen LogP contribution in [-0.4, -0.2) is 27.6 Å². The normalized spacial score (nSPS) is 11.5. The molecule has 0 unspecified atom stereocenters. The van der Waals surface area contributed by atoms with Crippen LogP contribution < -0.4 is 4.74 Å². The summed E-state index contributed by atoms with van der Waals surface area (Å²) in [6.45, 7) is 0. The van der Waals surface area contributed by atoms with Crippen LogP contribution in [0.2, 0.25) is 0 Å². The first kappa shape index (κ1) is 16.0. The molecule has 0 amide bonds. The quantitative estimate of drug-likeness (QED) is 0.628. The van der Waals surface area contributed by atoms with E-state index in [1.165, 1.54) is 25.3 Å². The summed E-state index contributed by atoms with van der Waals surface area (Å²) in [4.78, 5) is 12.2. The first-order valence-electron chi connectivity index (χ1n) is 6.57. The van der Waals surface area contributed by atoms with Gasteiger partial charge in [0.15, 0.2) is 15.6 Å². The fourth-order valence-corrected chi connectivity index (χ4v) is 2.59. The monoisotopic (exact) mass is 316 g/mol. The highest BCUT2D eigenvalue weighted by Gasteiger charge is 2.10. The average molecular weight is 316 g/mol. The van der Waals surface area contributed by atoms with Gasteiger partial charge < -0.3 is 4.74 Å². The van der Waals surface area contributed by atoms with Gasteiger partial charge in [-0.1, -0.05) is 30.3 Å². The number of hydrogen-bond donors (Lipinski definition) is 0. The first-order valence-corrected chi connectivity index (χ1v) is 8.46. The highest BCUT2D eigenvalue weighted by atomic mass is 32.2. The number of rotatable bonds is 5. The van der Waals surface area contributed by atoms with Gasteiger partial charge in [0.2, 0.25) is 0 Å². The van der Waals surface area contributed by atoms with Gasteiger partial charge in [-0.25, -0.2) is 8.42 Å². The number of carbonyl (C=O) groups excluding carboxylic acids is 1. The molecule has 0 fully saturated rings. The summed E-state index contributed by atoms with van der Waals surface area (Å²) >= 11 is 0. The van der Waals surface area contributed by atoms with Crippen molar-refractivity contribution in [3.63, 3.8) is 0 Å². The molecule has 5 heteroatoms. The van der Waals surface area contributed by atoms with Crippen LogP contribution in [0.1, 0.15) is 15.9 Å². The van der Waals surface area contributed by atoms with Gasteiger partial charge in [-0.2, -0.15) is 0 Å². The topological polar surface area (TPSA) is 60.4 Å². The Morgan fingerprint density at radius 3 is 2.36 bits per heavy atom. The van der Waals surface area contributed by atoms with Crippen molar-refractivity contribution < 1.29 is 17.9 Å². The molecule has 0 saturated heterocycles. The second-order valence-electron chi connectivity index (χ2n) is 4.74. The van der Waals surface area contributed by atoms with Crippen LogP contribution in [0.15, 0.2) is 59.5 Å². The number of ketones is 1. The van der Waals surface area contributed by atoms with E-state index in [0.29, 0.717) is 16.9 Å². The van der Waals surface area contributed by atoms with Gasteiger partial charge in [0.25, 0.3) is 0 Å². The molecule has 0 aliphatic carbocycles. The summed E-state index contributed by atoms with van der Waals surface area (Å²) in [6, 6.07) is 13.4. The van der Waals surface area contributed by atoms with Gasteiger partial charge in [-0.15, -0.1) is 0 Å². The predicted molar refractivity (Wildman–Crippen MR) is 85.9 cm³/mol. The molecular weight excluding hydrogens is 300 g/mol. The van der Waals surface area contributed by atoms with Crippen molar-refractivity contribution in [1.82, 2.24) is 0 Å². The number of allylic oxidation sites excluding steroid dienone is 1. The molecule has 0 aliphatic heterocycles. The Hall–Kier alpha value is -2.40. The van der Waals surface area contributed by atoms with Crippen molar-refractivity contribution in [2.24, 2.45) is 0 Å². The zero-order valence-corrected chi connectivity index (χ0v) is 13.1. The minimum absolute atomic E-state index is 0.160. The molecule has 0 aliphatic rings. The number of methoxy groups -OCH3 is 1. The predicted octanol–water partition coefficient (Wildman–Crippen LogP) is 2.99. The third-order valence-electron chi connectivity index (χ3n) is 3.10. The molecule has 2 rings (SSSR count). The summed E-state index contributed by atoms with van der Waals surface area (Å²) < 4.78 is 28.4. The van der Waals surface area contributed by atoms with E-state index in [9.17, 15) is 13.2 Å². The molecule has 2 aromatic rings. The van der Waals surface area contributed by atoms with Crippen LogP contribution in [-0.2, 0) is 9.84 Å². The molecule has 0 N–H and O–H groups in total. The number of carbonyl (C=O) groups is 1. The Labute approximate surface area is 130 Å². The summed E-state index contributed by atoms with van der Waals surface area (Å²) in [5.74, 6) is 0.344. The largest absolute Gasteiger partial charge is 0.496 e. The van der Waals surface area contributed by atoms with Crippen molar-refractivity contribution in [2.45, 2.75) is 4.90 Å². The fourth-order valence-electron chi connectivity index (χ4n) is 1.94. The van der Waals surface area contributed by atoms with Crippen LogP contribution in [0.25, 0.3) is 6.08 Å². The SMILES string of the molecule is COc1ccc(S(C)(=O)=O)cc1/C=C/C(=O)c1ccccc1. The number of sulfone groups is 1. The maximum absolute atomic E-state index is 12.1. The molecule has 0 aromatic heterocycles. The van der Waals surface area contributed by atoms with Crippen molar-refractivity contribution in [2.75, 3.05) is 13.4 Å². The second-order valence-corrected chi connectivity index (χ2v) is 6.76. The Bertz CT molecular complexity index is 806. The van der Waals surface area contributed by atoms with E-state index in [4.69, 9.17) is 4.74 Å². The third-order valence-corrected chi connectivity index (χ3v) is 4.21. The summed E-state index contributed by atoms with van der Waals surface area (Å²) in [5.41, 5.74) is 1.10. The number of benzene rings is 2. The lowest BCUT2D eigenvalue weighted by atomic mass is 10.1. The Morgan fingerprint density at radius 1 is 1.09 bits per heavy atom. The molecule has 0 bridgehead atoms. The second kappa shape index (κ2) is 6.58. The number of hydrogen-bond acceptors (Lipinski definition) is 4. The summed E-state index contributed by atoms with van der Waals surface area (Å²) in [7, 11) is -1.82. The number of ether oxygens (including phenoxy) is 1. The van der Waals surface area contributed by atoms with Gasteiger partial charge in [-0.05, 0) is 30.4 Å². The molecular formula is C17H16O4S. The van der Waals surface area contributed by atoms with Gasteiger partial charge >= 0.3 is 0 Å². The van der Waals surface area contributed by atoms with Crippen molar-refractivity contribution in [3.8, 4) is 5.75 Å². The Morgan fingerprint density at radius 2 is 1.77 bits per heavy atom. The highest BCUT2D eigenvalue weighted by Crippen LogP contribution is 2.24. The summed E-state index contributed by atoms with van der Waals surface area (Å²) in [6.07, 6.45) is 4.10. The van der Waals surface area contributed by atoms with Gasteiger partial charge in [-0.3, -0.25) is 4.79 Å². The van der Waals surface area contributed by atoms with Gasteiger partial charge in [0, 0.05) is 17.4 Å². The van der Waals surface area contributed by atoms with Crippen molar-refractivity contribution in [1.29, 1.82) is 0 Å². The fraction of sp³-hybridized carbons (Fsp3) is 0.118. The van der Waals surface area contributed by atoms with E-state index in [-0.39, 0.29) is 10.7 Å². The lowest BCUT2D eigenvalue weighted by Crippen LogP contribution is -1.99. The lowest BCUT2D eigenvalue weighted by molar-refractivity contribution is 0.104. The van der Waals surface area contributed by atoms with Crippen molar-refractivity contribution >= 4 is 21.7 Å². The van der Waals surface area contributed by atoms with E-state index in [2.05, 4.69) is 0 Å². The van der Waals surface area contributed by atoms with Crippen LogP contribution in [0.5, 0.6) is 5.75 Å². The molecule has 0 heterocycles. The molecule has 0 spiro atoms. The molecule has 4 nitrogen and oxygen atoms in total. The molecule has 2 aromatic carbocycles. The van der Waals surface area contributed by atoms with E-state index >= 15 is 0 Å². The third kappa shape index (κ3) is 3.83. The van der Waals surface area contributed by atoms with Crippen LogP contribution >= 0.6 is 0 Å². The average Bonchev–Trinajstić information content (AvgIpc) is 2.52. The molecule has 0 radical (unpaired) electrons. The lowest BCUT2D eigenvalue weighted by Gasteiger charge is -2.06. The van der Waals surface area contributed by atoms with Gasteiger partial charge in [0.05, 0.1) is 12.0 Å². The minimum atomic E-state index is -3.32. The maximum atomic E-state index is 12.1. The molecule has 22 heavy (non-hydrogen) atoms. The van der Waals surface area contributed by atoms with Gasteiger partial charge in [0.1, 0.15) is 5.75 Å². The Balaban J connectivity index is 2.35. The van der Waals surface area contributed by atoms with E-state index in [0.717, 1.165) is 6.26 Å². The van der Waals surface area contributed by atoms with Crippen molar-refractivity contribution in [3.05, 3.63) is 65.7 Å². The maximum Gasteiger partial charge on any atom is 0.185 e.